The van der Waals surface area contributed by atoms with Crippen molar-refractivity contribution in [3.05, 3.63) is 16.5 Å². The number of hydrogen-bond donors (Lipinski definition) is 2. The van der Waals surface area contributed by atoms with Gasteiger partial charge in [-0.3, -0.25) is 0 Å². The van der Waals surface area contributed by atoms with Crippen molar-refractivity contribution in [1.29, 1.82) is 0 Å². The van der Waals surface area contributed by atoms with E-state index in [0.29, 0.717) is 16.0 Å². The highest BCUT2D eigenvalue weighted by molar-refractivity contribution is 8.00. The minimum absolute atomic E-state index is 0.0788. The van der Waals surface area contributed by atoms with Gasteiger partial charge in [-0.15, -0.1) is 11.3 Å². The first-order valence-corrected chi connectivity index (χ1v) is 10.7. The van der Waals surface area contributed by atoms with Crippen molar-refractivity contribution in [3.63, 3.8) is 0 Å². The fourth-order valence-corrected chi connectivity index (χ4v) is 6.90. The van der Waals surface area contributed by atoms with Gasteiger partial charge in [0.15, 0.2) is 0 Å². The number of thiophene rings is 1. The average Bonchev–Trinajstić information content (AvgIpc) is 2.99. The second-order valence-corrected chi connectivity index (χ2v) is 9.95. The third-order valence-electron chi connectivity index (χ3n) is 3.74. The first-order valence-electron chi connectivity index (χ1n) is 7.35. The molecule has 120 valence electrons. The highest BCUT2D eigenvalue weighted by atomic mass is 32.2. The summed E-state index contributed by atoms with van der Waals surface area (Å²) in [5.74, 6) is 1.04. The molecular formula is C14H24N2O2S3. The van der Waals surface area contributed by atoms with Crippen molar-refractivity contribution in [2.24, 2.45) is 0 Å². The highest BCUT2D eigenvalue weighted by Crippen LogP contribution is 2.32. The van der Waals surface area contributed by atoms with E-state index < -0.39 is 10.0 Å². The molecule has 0 aromatic carbocycles. The van der Waals surface area contributed by atoms with Gasteiger partial charge in [-0.25, -0.2) is 13.1 Å². The lowest BCUT2D eigenvalue weighted by Crippen LogP contribution is -2.38. The molecule has 0 spiro atoms. The van der Waals surface area contributed by atoms with E-state index in [9.17, 15) is 8.42 Å². The molecule has 0 bridgehead atoms. The molecule has 2 N–H and O–H groups in total. The molecule has 0 radical (unpaired) electrons. The summed E-state index contributed by atoms with van der Waals surface area (Å²) < 4.78 is 28.5. The van der Waals surface area contributed by atoms with Gasteiger partial charge in [0.05, 0.1) is 0 Å². The zero-order valence-corrected chi connectivity index (χ0v) is 15.3. The molecule has 2 atom stereocenters. The second kappa shape index (κ2) is 7.46. The molecule has 2 rings (SSSR count). The van der Waals surface area contributed by atoms with Crippen molar-refractivity contribution in [2.75, 3.05) is 12.8 Å². The van der Waals surface area contributed by atoms with Gasteiger partial charge in [-0.1, -0.05) is 13.3 Å². The summed E-state index contributed by atoms with van der Waals surface area (Å²) in [5.41, 5.74) is 1.04. The smallest absolute Gasteiger partial charge is 0.250 e. The molecule has 1 aliphatic carbocycles. The van der Waals surface area contributed by atoms with Crippen LogP contribution in [-0.4, -0.2) is 32.5 Å². The Morgan fingerprint density at radius 2 is 2.19 bits per heavy atom. The molecule has 2 unspecified atom stereocenters. The Hall–Kier alpha value is -0.0800. The van der Waals surface area contributed by atoms with Gasteiger partial charge < -0.3 is 5.32 Å². The molecule has 1 saturated carbocycles. The predicted octanol–water partition coefficient (Wildman–Crippen LogP) is 2.73. The van der Waals surface area contributed by atoms with Crippen molar-refractivity contribution in [1.82, 2.24) is 10.0 Å². The largest absolute Gasteiger partial charge is 0.315 e. The Bertz CT molecular complexity index is 569. The van der Waals surface area contributed by atoms with Crippen LogP contribution in [0.15, 0.2) is 10.3 Å². The van der Waals surface area contributed by atoms with Gasteiger partial charge in [-0.05, 0) is 44.2 Å². The van der Waals surface area contributed by atoms with E-state index >= 15 is 0 Å². The van der Waals surface area contributed by atoms with Crippen LogP contribution in [0.4, 0.5) is 0 Å². The second-order valence-electron chi connectivity index (χ2n) is 5.35. The summed E-state index contributed by atoms with van der Waals surface area (Å²) in [4.78, 5) is 1.09. The normalized spacial score (nSPS) is 22.8. The number of rotatable bonds is 7. The summed E-state index contributed by atoms with van der Waals surface area (Å²) in [6, 6.07) is 1.87. The maximum atomic E-state index is 12.6. The summed E-state index contributed by atoms with van der Waals surface area (Å²) in [6.07, 6.45) is 3.17. The molecule has 1 aromatic heterocycles. The Morgan fingerprint density at radius 3 is 2.86 bits per heavy atom. The Kier molecular flexibility index (Phi) is 6.14. The van der Waals surface area contributed by atoms with Crippen molar-refractivity contribution >= 4 is 33.1 Å². The van der Waals surface area contributed by atoms with Crippen molar-refractivity contribution in [3.8, 4) is 0 Å². The van der Waals surface area contributed by atoms with Crippen LogP contribution in [0.3, 0.4) is 0 Å². The molecule has 4 nitrogen and oxygen atoms in total. The van der Waals surface area contributed by atoms with Crippen LogP contribution in [0.25, 0.3) is 0 Å². The Balaban J connectivity index is 2.12. The molecule has 21 heavy (non-hydrogen) atoms. The van der Waals surface area contributed by atoms with Gasteiger partial charge in [0, 0.05) is 22.7 Å². The predicted molar refractivity (Wildman–Crippen MR) is 91.7 cm³/mol. The molecule has 1 fully saturated rings. The molecule has 7 heteroatoms. The Morgan fingerprint density at radius 1 is 1.43 bits per heavy atom. The number of sulfonamides is 1. The monoisotopic (exact) mass is 348 g/mol. The highest BCUT2D eigenvalue weighted by Gasteiger charge is 2.32. The van der Waals surface area contributed by atoms with Crippen LogP contribution in [0, 0.1) is 6.92 Å². The number of nitrogens with one attached hydrogen (secondary N) is 2. The molecule has 0 amide bonds. The van der Waals surface area contributed by atoms with E-state index in [1.165, 1.54) is 11.3 Å². The molecule has 1 heterocycles. The van der Waals surface area contributed by atoms with Crippen LogP contribution in [0.5, 0.6) is 0 Å². The zero-order chi connectivity index (χ0) is 15.5. The van der Waals surface area contributed by atoms with Crippen molar-refractivity contribution < 1.29 is 8.42 Å². The Labute approximate surface area is 136 Å². The van der Waals surface area contributed by atoms with E-state index in [-0.39, 0.29) is 6.04 Å². The maximum absolute atomic E-state index is 12.6. The fraction of sp³-hybridized carbons (Fsp3) is 0.714. The standard InChI is InChI=1S/C14H24N2O2S3/c1-4-19-12-7-5-6-11(12)16-21(17,18)14-8-10(2)13(20-14)9-15-3/h8,11-12,15-16H,4-7,9H2,1-3H3. The van der Waals surface area contributed by atoms with Gasteiger partial charge >= 0.3 is 0 Å². The third kappa shape index (κ3) is 4.22. The van der Waals surface area contributed by atoms with Gasteiger partial charge in [0.1, 0.15) is 4.21 Å². The van der Waals surface area contributed by atoms with Gasteiger partial charge in [0.25, 0.3) is 0 Å². The fourth-order valence-electron chi connectivity index (χ4n) is 2.69. The quantitative estimate of drug-likeness (QED) is 0.795. The minimum atomic E-state index is -3.39. The van der Waals surface area contributed by atoms with E-state index in [4.69, 9.17) is 0 Å². The lowest BCUT2D eigenvalue weighted by molar-refractivity contribution is 0.557. The lowest BCUT2D eigenvalue weighted by Gasteiger charge is -2.19. The molecule has 1 aliphatic rings. The van der Waals surface area contributed by atoms with E-state index in [1.807, 2.05) is 25.7 Å². The van der Waals surface area contributed by atoms with Crippen LogP contribution in [0.2, 0.25) is 0 Å². The zero-order valence-electron chi connectivity index (χ0n) is 12.8. The summed E-state index contributed by atoms with van der Waals surface area (Å²) in [6.45, 7) is 4.80. The van der Waals surface area contributed by atoms with Crippen LogP contribution >= 0.6 is 23.1 Å². The molecule has 1 aromatic rings. The van der Waals surface area contributed by atoms with E-state index in [2.05, 4.69) is 17.0 Å². The topological polar surface area (TPSA) is 58.2 Å². The van der Waals surface area contributed by atoms with E-state index in [0.717, 1.165) is 35.5 Å². The molecule has 0 saturated heterocycles. The van der Waals surface area contributed by atoms with Crippen molar-refractivity contribution in [2.45, 2.75) is 55.2 Å². The van der Waals surface area contributed by atoms with Gasteiger partial charge in [-0.2, -0.15) is 11.8 Å². The number of aryl methyl sites for hydroxylation is 1. The average molecular weight is 349 g/mol. The summed E-state index contributed by atoms with van der Waals surface area (Å²) >= 11 is 3.24. The first kappa shape index (κ1) is 17.3. The third-order valence-corrected chi connectivity index (χ3v) is 8.27. The minimum Gasteiger partial charge on any atom is -0.315 e. The molecule has 0 aliphatic heterocycles. The summed E-state index contributed by atoms with van der Waals surface area (Å²) in [5, 5.41) is 3.50. The lowest BCUT2D eigenvalue weighted by atomic mass is 10.3. The van der Waals surface area contributed by atoms with Gasteiger partial charge in [0.2, 0.25) is 10.0 Å². The van der Waals surface area contributed by atoms with Crippen LogP contribution < -0.4 is 10.0 Å². The van der Waals surface area contributed by atoms with Crippen LogP contribution in [-0.2, 0) is 16.6 Å². The number of hydrogen-bond acceptors (Lipinski definition) is 5. The van der Waals surface area contributed by atoms with Crippen LogP contribution in [0.1, 0.15) is 36.6 Å². The summed E-state index contributed by atoms with van der Waals surface area (Å²) in [7, 11) is -1.52. The van der Waals surface area contributed by atoms with E-state index in [1.54, 1.807) is 6.07 Å². The number of thioether (sulfide) groups is 1. The maximum Gasteiger partial charge on any atom is 0.250 e. The molecular weight excluding hydrogens is 324 g/mol. The first-order chi connectivity index (χ1) is 9.97. The SMILES string of the molecule is CCSC1CCCC1NS(=O)(=O)c1cc(C)c(CNC)s1.